The van der Waals surface area contributed by atoms with Crippen LogP contribution in [-0.4, -0.2) is 16.2 Å². The Hall–Kier alpha value is -1.26. The lowest BCUT2D eigenvalue weighted by Gasteiger charge is -2.08. The van der Waals surface area contributed by atoms with Gasteiger partial charge in [-0.3, -0.25) is 0 Å². The van der Waals surface area contributed by atoms with Crippen LogP contribution in [0.3, 0.4) is 0 Å². The summed E-state index contributed by atoms with van der Waals surface area (Å²) in [5.74, 6) is 0.762. The molecule has 1 aliphatic carbocycles. The van der Waals surface area contributed by atoms with E-state index in [-0.39, 0.29) is 6.01 Å². The Bertz CT molecular complexity index is 268. The molecule has 0 aromatic carbocycles. The lowest BCUT2D eigenvalue weighted by Crippen LogP contribution is -2.17. The van der Waals surface area contributed by atoms with Crippen LogP contribution in [0.4, 0.5) is 12.0 Å². The molecule has 1 aliphatic rings. The standard InChI is InChI=1S/C7H12N4O/c1-4(5-2-3-5)9-7-11-10-6(8)12-7/h4-5H,2-3H2,1H3,(H2,8,10)(H,9,11). The molecule has 3 N–H and O–H groups in total. The van der Waals surface area contributed by atoms with Crippen LogP contribution in [0.15, 0.2) is 4.42 Å². The van der Waals surface area contributed by atoms with E-state index in [0.29, 0.717) is 12.1 Å². The van der Waals surface area contributed by atoms with E-state index < -0.39 is 0 Å². The van der Waals surface area contributed by atoms with Gasteiger partial charge in [-0.1, -0.05) is 10.2 Å². The van der Waals surface area contributed by atoms with E-state index in [4.69, 9.17) is 10.2 Å². The molecule has 1 aromatic heterocycles. The van der Waals surface area contributed by atoms with Crippen LogP contribution in [0.5, 0.6) is 0 Å². The largest absolute Gasteiger partial charge is 0.390 e. The molecule has 1 fully saturated rings. The Balaban J connectivity index is 1.93. The van der Waals surface area contributed by atoms with Crippen molar-refractivity contribution in [2.75, 3.05) is 11.1 Å². The van der Waals surface area contributed by atoms with Crippen molar-refractivity contribution in [1.82, 2.24) is 10.2 Å². The first-order chi connectivity index (χ1) is 5.75. The van der Waals surface area contributed by atoms with Gasteiger partial charge in [-0.2, -0.15) is 0 Å². The maximum Gasteiger partial charge on any atom is 0.317 e. The number of hydrogen-bond donors (Lipinski definition) is 2. The highest BCUT2D eigenvalue weighted by molar-refractivity contribution is 5.24. The Kier molecular flexibility index (Phi) is 1.64. The lowest BCUT2D eigenvalue weighted by atomic mass is 10.2. The highest BCUT2D eigenvalue weighted by Crippen LogP contribution is 2.33. The molecule has 5 heteroatoms. The molecule has 66 valence electrons. The van der Waals surface area contributed by atoms with Crippen LogP contribution >= 0.6 is 0 Å². The second kappa shape index (κ2) is 2.66. The molecule has 12 heavy (non-hydrogen) atoms. The Morgan fingerprint density at radius 1 is 1.58 bits per heavy atom. The number of rotatable bonds is 3. The average Bonchev–Trinajstić information content (AvgIpc) is 2.78. The molecule has 0 aliphatic heterocycles. The summed E-state index contributed by atoms with van der Waals surface area (Å²) in [6.07, 6.45) is 2.58. The molecule has 1 unspecified atom stereocenters. The Morgan fingerprint density at radius 2 is 2.33 bits per heavy atom. The van der Waals surface area contributed by atoms with Crippen molar-refractivity contribution < 1.29 is 4.42 Å². The minimum absolute atomic E-state index is 0.112. The third kappa shape index (κ3) is 1.49. The molecule has 1 saturated carbocycles. The van der Waals surface area contributed by atoms with Crippen molar-refractivity contribution >= 4 is 12.0 Å². The normalized spacial score (nSPS) is 19.1. The van der Waals surface area contributed by atoms with Gasteiger partial charge in [-0.05, 0) is 25.7 Å². The maximum atomic E-state index is 5.27. The van der Waals surface area contributed by atoms with Gasteiger partial charge in [-0.15, -0.1) is 0 Å². The molecular weight excluding hydrogens is 156 g/mol. The second-order valence-corrected chi connectivity index (χ2v) is 3.22. The number of nitrogen functional groups attached to an aromatic ring is 1. The maximum absolute atomic E-state index is 5.27. The van der Waals surface area contributed by atoms with Crippen LogP contribution < -0.4 is 11.1 Å². The van der Waals surface area contributed by atoms with E-state index in [1.165, 1.54) is 12.8 Å². The number of nitrogens with one attached hydrogen (secondary N) is 1. The molecule has 0 saturated heterocycles. The van der Waals surface area contributed by atoms with E-state index in [0.717, 1.165) is 5.92 Å². The van der Waals surface area contributed by atoms with Crippen molar-refractivity contribution in [3.8, 4) is 0 Å². The SMILES string of the molecule is CC(Nc1nnc(N)o1)C1CC1. The predicted molar refractivity (Wildman–Crippen MR) is 44.5 cm³/mol. The topological polar surface area (TPSA) is 77.0 Å². The first-order valence-electron chi connectivity index (χ1n) is 4.11. The molecule has 1 aromatic rings. The summed E-state index contributed by atoms with van der Waals surface area (Å²) in [4.78, 5) is 0. The zero-order valence-electron chi connectivity index (χ0n) is 6.95. The van der Waals surface area contributed by atoms with Gasteiger partial charge >= 0.3 is 12.0 Å². The first kappa shape index (κ1) is 7.39. The smallest absolute Gasteiger partial charge is 0.317 e. The van der Waals surface area contributed by atoms with Gasteiger partial charge in [0.1, 0.15) is 0 Å². The summed E-state index contributed by atoms with van der Waals surface area (Å²) in [6, 6.07) is 0.942. The van der Waals surface area contributed by atoms with E-state index in [1.807, 2.05) is 0 Å². The van der Waals surface area contributed by atoms with Crippen LogP contribution in [0, 0.1) is 5.92 Å². The minimum atomic E-state index is 0.112. The average molecular weight is 168 g/mol. The molecule has 0 radical (unpaired) electrons. The Labute approximate surface area is 70.3 Å². The highest BCUT2D eigenvalue weighted by Gasteiger charge is 2.28. The summed E-state index contributed by atoms with van der Waals surface area (Å²) in [5, 5.41) is 10.4. The van der Waals surface area contributed by atoms with Gasteiger partial charge in [0.05, 0.1) is 0 Å². The van der Waals surface area contributed by atoms with E-state index in [1.54, 1.807) is 0 Å². The molecule has 0 amide bonds. The van der Waals surface area contributed by atoms with Crippen LogP contribution in [0.1, 0.15) is 19.8 Å². The van der Waals surface area contributed by atoms with Crippen molar-refractivity contribution in [2.45, 2.75) is 25.8 Å². The molecular formula is C7H12N4O. The third-order valence-electron chi connectivity index (χ3n) is 2.12. The second-order valence-electron chi connectivity index (χ2n) is 3.22. The first-order valence-corrected chi connectivity index (χ1v) is 4.11. The van der Waals surface area contributed by atoms with Crippen molar-refractivity contribution in [3.63, 3.8) is 0 Å². The molecule has 0 spiro atoms. The van der Waals surface area contributed by atoms with Gasteiger partial charge in [0.15, 0.2) is 0 Å². The van der Waals surface area contributed by atoms with Crippen LogP contribution in [-0.2, 0) is 0 Å². The third-order valence-corrected chi connectivity index (χ3v) is 2.12. The highest BCUT2D eigenvalue weighted by atomic mass is 16.4. The monoisotopic (exact) mass is 168 g/mol. The van der Waals surface area contributed by atoms with E-state index in [9.17, 15) is 0 Å². The Morgan fingerprint density at radius 3 is 2.83 bits per heavy atom. The minimum Gasteiger partial charge on any atom is -0.390 e. The van der Waals surface area contributed by atoms with Crippen LogP contribution in [0.25, 0.3) is 0 Å². The van der Waals surface area contributed by atoms with Crippen molar-refractivity contribution in [1.29, 1.82) is 0 Å². The summed E-state index contributed by atoms with van der Waals surface area (Å²) >= 11 is 0. The molecule has 0 bridgehead atoms. The van der Waals surface area contributed by atoms with E-state index in [2.05, 4.69) is 22.4 Å². The van der Waals surface area contributed by atoms with Gasteiger partial charge < -0.3 is 15.5 Å². The summed E-state index contributed by atoms with van der Waals surface area (Å²) in [6.45, 7) is 2.11. The number of aromatic nitrogens is 2. The quantitative estimate of drug-likeness (QED) is 0.700. The summed E-state index contributed by atoms with van der Waals surface area (Å²) in [5.41, 5.74) is 5.27. The fourth-order valence-electron chi connectivity index (χ4n) is 1.20. The van der Waals surface area contributed by atoms with E-state index >= 15 is 0 Å². The molecule has 1 atom stereocenters. The van der Waals surface area contributed by atoms with Crippen molar-refractivity contribution in [2.24, 2.45) is 5.92 Å². The molecule has 2 rings (SSSR count). The van der Waals surface area contributed by atoms with Gasteiger partial charge in [0.2, 0.25) is 0 Å². The number of hydrogen-bond acceptors (Lipinski definition) is 5. The lowest BCUT2D eigenvalue weighted by molar-refractivity contribution is 0.564. The zero-order valence-corrected chi connectivity index (χ0v) is 6.95. The fraction of sp³-hybridized carbons (Fsp3) is 0.714. The van der Waals surface area contributed by atoms with Gasteiger partial charge in [0, 0.05) is 6.04 Å². The zero-order chi connectivity index (χ0) is 8.55. The summed E-state index contributed by atoms with van der Waals surface area (Å²) in [7, 11) is 0. The van der Waals surface area contributed by atoms with Crippen molar-refractivity contribution in [3.05, 3.63) is 0 Å². The number of anilines is 2. The molecule has 1 heterocycles. The number of nitrogens with zero attached hydrogens (tertiary/aromatic N) is 2. The van der Waals surface area contributed by atoms with Gasteiger partial charge in [0.25, 0.3) is 0 Å². The fourth-order valence-corrected chi connectivity index (χ4v) is 1.20. The van der Waals surface area contributed by atoms with Gasteiger partial charge in [-0.25, -0.2) is 0 Å². The summed E-state index contributed by atoms with van der Waals surface area (Å²) < 4.78 is 4.98. The number of nitrogens with two attached hydrogens (primary N) is 1. The van der Waals surface area contributed by atoms with Crippen LogP contribution in [0.2, 0.25) is 0 Å². The predicted octanol–water partition coefficient (Wildman–Crippen LogP) is 0.862. The molecule has 5 nitrogen and oxygen atoms in total.